The van der Waals surface area contributed by atoms with Crippen molar-refractivity contribution >= 4 is 16.8 Å². The molecule has 2 aromatic rings. The summed E-state index contributed by atoms with van der Waals surface area (Å²) in [4.78, 5) is 26.3. The Bertz CT molecular complexity index is 704. The molecule has 0 aliphatic carbocycles. The molecule has 0 spiro atoms. The van der Waals surface area contributed by atoms with Gasteiger partial charge in [-0.1, -0.05) is 31.9 Å². The van der Waals surface area contributed by atoms with Gasteiger partial charge in [-0.3, -0.25) is 9.59 Å². The number of aromatic amines is 1. The van der Waals surface area contributed by atoms with Crippen molar-refractivity contribution in [2.75, 3.05) is 6.54 Å². The second kappa shape index (κ2) is 7.78. The normalized spacial score (nSPS) is 10.8. The van der Waals surface area contributed by atoms with E-state index in [1.54, 1.807) is 6.92 Å². The number of unbranched alkanes of at least 4 members (excludes halogenated alkanes) is 2. The third-order valence-corrected chi connectivity index (χ3v) is 3.84. The van der Waals surface area contributed by atoms with Gasteiger partial charge in [0.25, 0.3) is 5.56 Å². The van der Waals surface area contributed by atoms with Crippen LogP contribution in [0.15, 0.2) is 29.1 Å². The summed E-state index contributed by atoms with van der Waals surface area (Å²) in [5, 5.41) is 3.96. The van der Waals surface area contributed by atoms with Crippen LogP contribution in [-0.4, -0.2) is 17.4 Å². The number of amides is 1. The van der Waals surface area contributed by atoms with Crippen LogP contribution in [0.5, 0.6) is 0 Å². The molecule has 4 heteroatoms. The predicted molar refractivity (Wildman–Crippen MR) is 90.2 cm³/mol. The summed E-state index contributed by atoms with van der Waals surface area (Å²) < 4.78 is 0. The van der Waals surface area contributed by atoms with Crippen LogP contribution in [0.1, 0.15) is 43.7 Å². The average molecular weight is 300 g/mol. The SMILES string of the molecule is CCCCCNC(=O)CCc1ccc2cc(C)c(=O)[nH]c2c1. The molecule has 1 aromatic heterocycles. The summed E-state index contributed by atoms with van der Waals surface area (Å²) in [5.41, 5.74) is 2.55. The monoisotopic (exact) mass is 300 g/mol. The van der Waals surface area contributed by atoms with Gasteiger partial charge in [0.05, 0.1) is 0 Å². The number of aryl methyl sites for hydroxylation is 2. The summed E-state index contributed by atoms with van der Waals surface area (Å²) >= 11 is 0. The minimum absolute atomic E-state index is 0.0571. The fourth-order valence-electron chi connectivity index (χ4n) is 2.46. The van der Waals surface area contributed by atoms with Crippen LogP contribution in [0.4, 0.5) is 0 Å². The topological polar surface area (TPSA) is 62.0 Å². The van der Waals surface area contributed by atoms with Crippen LogP contribution < -0.4 is 10.9 Å². The number of carbonyl (C=O) groups excluding carboxylic acids is 1. The molecule has 1 aromatic carbocycles. The quantitative estimate of drug-likeness (QED) is 0.772. The van der Waals surface area contributed by atoms with Gasteiger partial charge in [-0.05, 0) is 42.8 Å². The molecule has 0 fully saturated rings. The summed E-state index contributed by atoms with van der Waals surface area (Å²) in [5.74, 6) is 0.0913. The molecule has 1 amide bonds. The van der Waals surface area contributed by atoms with Gasteiger partial charge >= 0.3 is 0 Å². The Morgan fingerprint density at radius 1 is 1.23 bits per heavy atom. The maximum Gasteiger partial charge on any atom is 0.251 e. The van der Waals surface area contributed by atoms with Crippen LogP contribution in [-0.2, 0) is 11.2 Å². The average Bonchev–Trinajstić information content (AvgIpc) is 2.51. The highest BCUT2D eigenvalue weighted by molar-refractivity contribution is 5.80. The fraction of sp³-hybridized carbons (Fsp3) is 0.444. The Morgan fingerprint density at radius 3 is 2.82 bits per heavy atom. The third-order valence-electron chi connectivity index (χ3n) is 3.84. The zero-order valence-corrected chi connectivity index (χ0v) is 13.4. The zero-order valence-electron chi connectivity index (χ0n) is 13.4. The minimum Gasteiger partial charge on any atom is -0.356 e. The molecule has 1 heterocycles. The third kappa shape index (κ3) is 4.45. The number of pyridine rings is 1. The van der Waals surface area contributed by atoms with E-state index < -0.39 is 0 Å². The van der Waals surface area contributed by atoms with Crippen molar-refractivity contribution in [3.8, 4) is 0 Å². The lowest BCUT2D eigenvalue weighted by molar-refractivity contribution is -0.121. The second-order valence-corrected chi connectivity index (χ2v) is 5.76. The van der Waals surface area contributed by atoms with Crippen LogP contribution in [0.3, 0.4) is 0 Å². The molecule has 0 atom stereocenters. The Hall–Kier alpha value is -2.10. The summed E-state index contributed by atoms with van der Waals surface area (Å²) in [6, 6.07) is 7.86. The van der Waals surface area contributed by atoms with Crippen LogP contribution in [0, 0.1) is 6.92 Å². The van der Waals surface area contributed by atoms with Crippen LogP contribution in [0.25, 0.3) is 10.9 Å². The first-order chi connectivity index (χ1) is 10.6. The summed E-state index contributed by atoms with van der Waals surface area (Å²) in [7, 11) is 0. The van der Waals surface area contributed by atoms with Gasteiger partial charge in [-0.2, -0.15) is 0 Å². The van der Waals surface area contributed by atoms with E-state index >= 15 is 0 Å². The largest absolute Gasteiger partial charge is 0.356 e. The Kier molecular flexibility index (Phi) is 5.75. The lowest BCUT2D eigenvalue weighted by Crippen LogP contribution is -2.24. The van der Waals surface area contributed by atoms with Gasteiger partial charge in [-0.15, -0.1) is 0 Å². The molecular weight excluding hydrogens is 276 g/mol. The highest BCUT2D eigenvalue weighted by Crippen LogP contribution is 2.14. The van der Waals surface area contributed by atoms with E-state index in [0.29, 0.717) is 18.4 Å². The van der Waals surface area contributed by atoms with Gasteiger partial charge in [-0.25, -0.2) is 0 Å². The highest BCUT2D eigenvalue weighted by Gasteiger charge is 2.04. The number of rotatable bonds is 7. The highest BCUT2D eigenvalue weighted by atomic mass is 16.1. The van der Waals surface area contributed by atoms with E-state index in [0.717, 1.165) is 42.3 Å². The number of hydrogen-bond acceptors (Lipinski definition) is 2. The maximum absolute atomic E-state index is 11.8. The Balaban J connectivity index is 1.93. The van der Waals surface area contributed by atoms with Gasteiger partial charge in [0.15, 0.2) is 0 Å². The van der Waals surface area contributed by atoms with Crippen LogP contribution in [0.2, 0.25) is 0 Å². The van der Waals surface area contributed by atoms with E-state index in [2.05, 4.69) is 17.2 Å². The van der Waals surface area contributed by atoms with Crippen molar-refractivity contribution in [3.05, 3.63) is 45.7 Å². The molecule has 4 nitrogen and oxygen atoms in total. The van der Waals surface area contributed by atoms with Crippen molar-refractivity contribution < 1.29 is 4.79 Å². The van der Waals surface area contributed by atoms with Crippen LogP contribution >= 0.6 is 0 Å². The lowest BCUT2D eigenvalue weighted by atomic mass is 10.1. The van der Waals surface area contributed by atoms with Crippen molar-refractivity contribution in [1.82, 2.24) is 10.3 Å². The molecule has 0 radical (unpaired) electrons. The smallest absolute Gasteiger partial charge is 0.251 e. The first-order valence-corrected chi connectivity index (χ1v) is 7.99. The van der Waals surface area contributed by atoms with E-state index in [1.165, 1.54) is 0 Å². The zero-order chi connectivity index (χ0) is 15.9. The molecular formula is C18H24N2O2. The predicted octanol–water partition coefficient (Wildman–Crippen LogP) is 3.08. The number of nitrogens with one attached hydrogen (secondary N) is 2. The number of carbonyl (C=O) groups is 1. The molecule has 0 saturated heterocycles. The van der Waals surface area contributed by atoms with E-state index in [1.807, 2.05) is 24.3 Å². The van der Waals surface area contributed by atoms with Crippen molar-refractivity contribution in [2.45, 2.75) is 46.0 Å². The molecule has 118 valence electrons. The van der Waals surface area contributed by atoms with E-state index in [4.69, 9.17) is 0 Å². The van der Waals surface area contributed by atoms with Gasteiger partial charge in [0.2, 0.25) is 5.91 Å². The number of aromatic nitrogens is 1. The lowest BCUT2D eigenvalue weighted by Gasteiger charge is -2.06. The Labute approximate surface area is 130 Å². The van der Waals surface area contributed by atoms with Gasteiger partial charge in [0.1, 0.15) is 0 Å². The first kappa shape index (κ1) is 16.3. The molecule has 2 rings (SSSR count). The summed E-state index contributed by atoms with van der Waals surface area (Å²) in [6.07, 6.45) is 4.51. The standard InChI is InChI=1S/C18H24N2O2/c1-3-4-5-10-19-17(21)9-7-14-6-8-15-11-13(2)18(22)20-16(15)12-14/h6,8,11-12H,3-5,7,9-10H2,1-2H3,(H,19,21)(H,20,22). The molecule has 2 N–H and O–H groups in total. The van der Waals surface area contributed by atoms with Crippen molar-refractivity contribution in [1.29, 1.82) is 0 Å². The number of hydrogen-bond donors (Lipinski definition) is 2. The number of fused-ring (bicyclic) bond motifs is 1. The van der Waals surface area contributed by atoms with Gasteiger partial charge in [0, 0.05) is 24.0 Å². The van der Waals surface area contributed by atoms with Crippen molar-refractivity contribution in [2.24, 2.45) is 0 Å². The molecule has 0 bridgehead atoms. The molecule has 0 aliphatic heterocycles. The van der Waals surface area contributed by atoms with Crippen molar-refractivity contribution in [3.63, 3.8) is 0 Å². The van der Waals surface area contributed by atoms with E-state index in [9.17, 15) is 9.59 Å². The fourth-order valence-corrected chi connectivity index (χ4v) is 2.46. The molecule has 0 aliphatic rings. The molecule has 22 heavy (non-hydrogen) atoms. The minimum atomic E-state index is -0.0571. The van der Waals surface area contributed by atoms with Gasteiger partial charge < -0.3 is 10.3 Å². The number of H-pyrrole nitrogens is 1. The Morgan fingerprint density at radius 2 is 2.05 bits per heavy atom. The first-order valence-electron chi connectivity index (χ1n) is 7.99. The van der Waals surface area contributed by atoms with E-state index in [-0.39, 0.29) is 11.5 Å². The molecule has 0 saturated carbocycles. The second-order valence-electron chi connectivity index (χ2n) is 5.76. The maximum atomic E-state index is 11.8. The number of benzene rings is 1. The molecule has 0 unspecified atom stereocenters. The summed E-state index contributed by atoms with van der Waals surface area (Å²) in [6.45, 7) is 4.71.